The highest BCUT2D eigenvalue weighted by Crippen LogP contribution is 2.43. The third kappa shape index (κ3) is 3.79. The molecule has 0 bridgehead atoms. The fourth-order valence-corrected chi connectivity index (χ4v) is 3.47. The molecule has 2 N–H and O–H groups in total. The molecule has 3 rings (SSSR count). The zero-order valence-corrected chi connectivity index (χ0v) is 13.6. The standard InChI is InChI=1S/C17H23FN2O.ClH/c18-14-6-4-13(5-7-14)17(8-2-9-17)12-20-16(21)11-15-3-1-10-19-15;/h4-7,15,19H,1-3,8-12H2,(H,20,21);1H. The molecule has 2 aliphatic rings. The lowest BCUT2D eigenvalue weighted by Crippen LogP contribution is -2.46. The average Bonchev–Trinajstić information content (AvgIpc) is 2.92. The fourth-order valence-electron chi connectivity index (χ4n) is 3.47. The lowest BCUT2D eigenvalue weighted by atomic mass is 9.64. The Morgan fingerprint density at radius 3 is 2.55 bits per heavy atom. The Kier molecular flexibility index (Phi) is 5.81. The molecule has 122 valence electrons. The van der Waals surface area contributed by atoms with Gasteiger partial charge >= 0.3 is 0 Å². The molecule has 1 aliphatic carbocycles. The second kappa shape index (κ2) is 7.42. The first-order valence-electron chi connectivity index (χ1n) is 7.94. The van der Waals surface area contributed by atoms with Gasteiger partial charge in [0.1, 0.15) is 5.82 Å². The number of amides is 1. The quantitative estimate of drug-likeness (QED) is 0.873. The minimum absolute atomic E-state index is 0. The third-order valence-corrected chi connectivity index (χ3v) is 4.99. The summed E-state index contributed by atoms with van der Waals surface area (Å²) in [5.41, 5.74) is 1.17. The van der Waals surface area contributed by atoms with Gasteiger partial charge in [0.25, 0.3) is 0 Å². The van der Waals surface area contributed by atoms with Gasteiger partial charge in [0.15, 0.2) is 0 Å². The van der Waals surface area contributed by atoms with Gasteiger partial charge in [-0.15, -0.1) is 12.4 Å². The van der Waals surface area contributed by atoms with Crippen molar-refractivity contribution in [3.8, 4) is 0 Å². The number of hydrogen-bond acceptors (Lipinski definition) is 2. The summed E-state index contributed by atoms with van der Waals surface area (Å²) >= 11 is 0. The SMILES string of the molecule is Cl.O=C(CC1CCCN1)NCC1(c2ccc(F)cc2)CCC1. The van der Waals surface area contributed by atoms with Crippen LogP contribution in [0.1, 0.15) is 44.1 Å². The Hall–Kier alpha value is -1.13. The molecule has 1 aliphatic heterocycles. The Morgan fingerprint density at radius 2 is 2.00 bits per heavy atom. The molecule has 3 nitrogen and oxygen atoms in total. The van der Waals surface area contributed by atoms with E-state index in [4.69, 9.17) is 0 Å². The summed E-state index contributed by atoms with van der Waals surface area (Å²) in [6.07, 6.45) is 6.14. The van der Waals surface area contributed by atoms with Gasteiger partial charge in [0, 0.05) is 24.4 Å². The predicted molar refractivity (Wildman–Crippen MR) is 87.8 cm³/mol. The molecular weight excluding hydrogens is 303 g/mol. The Morgan fingerprint density at radius 1 is 1.27 bits per heavy atom. The predicted octanol–water partition coefficient (Wildman–Crippen LogP) is 2.93. The maximum Gasteiger partial charge on any atom is 0.221 e. The van der Waals surface area contributed by atoms with Crippen molar-refractivity contribution in [2.45, 2.75) is 50.0 Å². The van der Waals surface area contributed by atoms with Crippen molar-refractivity contribution in [1.82, 2.24) is 10.6 Å². The van der Waals surface area contributed by atoms with Crippen molar-refractivity contribution in [3.63, 3.8) is 0 Å². The van der Waals surface area contributed by atoms with Crippen molar-refractivity contribution in [2.75, 3.05) is 13.1 Å². The number of halogens is 2. The lowest BCUT2D eigenvalue weighted by Gasteiger charge is -2.42. The van der Waals surface area contributed by atoms with Crippen LogP contribution in [0.2, 0.25) is 0 Å². The Balaban J connectivity index is 0.00000176. The van der Waals surface area contributed by atoms with E-state index >= 15 is 0 Å². The molecule has 1 heterocycles. The van der Waals surface area contributed by atoms with Crippen LogP contribution >= 0.6 is 12.4 Å². The van der Waals surface area contributed by atoms with E-state index in [0.29, 0.717) is 19.0 Å². The first kappa shape index (κ1) is 17.2. The maximum atomic E-state index is 13.1. The Bertz CT molecular complexity index is 496. The van der Waals surface area contributed by atoms with Gasteiger partial charge in [-0.05, 0) is 49.9 Å². The van der Waals surface area contributed by atoms with Crippen LogP contribution in [0.25, 0.3) is 0 Å². The number of benzene rings is 1. The van der Waals surface area contributed by atoms with E-state index in [0.717, 1.165) is 37.8 Å². The van der Waals surface area contributed by atoms with E-state index in [2.05, 4.69) is 10.6 Å². The van der Waals surface area contributed by atoms with Crippen LogP contribution in [0.15, 0.2) is 24.3 Å². The summed E-state index contributed by atoms with van der Waals surface area (Å²) in [7, 11) is 0. The van der Waals surface area contributed by atoms with Gasteiger partial charge in [-0.25, -0.2) is 4.39 Å². The number of nitrogens with one attached hydrogen (secondary N) is 2. The summed E-state index contributed by atoms with van der Waals surface area (Å²) in [6, 6.07) is 7.09. The maximum absolute atomic E-state index is 13.1. The van der Waals surface area contributed by atoms with Crippen LogP contribution in [0.4, 0.5) is 4.39 Å². The molecule has 1 saturated carbocycles. The third-order valence-electron chi connectivity index (χ3n) is 4.99. The highest BCUT2D eigenvalue weighted by molar-refractivity contribution is 5.85. The van der Waals surface area contributed by atoms with Crippen LogP contribution in [0.3, 0.4) is 0 Å². The summed E-state index contributed by atoms with van der Waals surface area (Å²) in [4.78, 5) is 12.1. The van der Waals surface area contributed by atoms with Crippen molar-refractivity contribution < 1.29 is 9.18 Å². The monoisotopic (exact) mass is 326 g/mol. The van der Waals surface area contributed by atoms with E-state index in [-0.39, 0.29) is 29.5 Å². The van der Waals surface area contributed by atoms with Crippen molar-refractivity contribution in [2.24, 2.45) is 0 Å². The van der Waals surface area contributed by atoms with Crippen LogP contribution in [0.5, 0.6) is 0 Å². The number of carbonyl (C=O) groups is 1. The van der Waals surface area contributed by atoms with E-state index in [1.54, 1.807) is 0 Å². The first-order valence-corrected chi connectivity index (χ1v) is 7.94. The molecule has 1 aromatic carbocycles. The van der Waals surface area contributed by atoms with E-state index in [1.807, 2.05) is 12.1 Å². The van der Waals surface area contributed by atoms with Gasteiger partial charge in [-0.1, -0.05) is 18.6 Å². The number of hydrogen-bond donors (Lipinski definition) is 2. The topological polar surface area (TPSA) is 41.1 Å². The average molecular weight is 327 g/mol. The fraction of sp³-hybridized carbons (Fsp3) is 0.588. The largest absolute Gasteiger partial charge is 0.355 e. The molecule has 1 aromatic rings. The second-order valence-electron chi connectivity index (χ2n) is 6.41. The number of rotatable bonds is 5. The lowest BCUT2D eigenvalue weighted by molar-refractivity contribution is -0.122. The highest BCUT2D eigenvalue weighted by atomic mass is 35.5. The molecule has 1 atom stereocenters. The minimum Gasteiger partial charge on any atom is -0.355 e. The summed E-state index contributed by atoms with van der Waals surface area (Å²) < 4.78 is 13.1. The van der Waals surface area contributed by atoms with Gasteiger partial charge in [-0.3, -0.25) is 4.79 Å². The molecule has 1 unspecified atom stereocenters. The summed E-state index contributed by atoms with van der Waals surface area (Å²) in [5.74, 6) is -0.0765. The van der Waals surface area contributed by atoms with Crippen molar-refractivity contribution in [3.05, 3.63) is 35.6 Å². The number of carbonyl (C=O) groups excluding carboxylic acids is 1. The Labute approximate surface area is 137 Å². The normalized spacial score (nSPS) is 22.5. The summed E-state index contributed by atoms with van der Waals surface area (Å²) in [6.45, 7) is 1.70. The molecule has 22 heavy (non-hydrogen) atoms. The van der Waals surface area contributed by atoms with E-state index in [1.165, 1.54) is 18.6 Å². The first-order chi connectivity index (χ1) is 10.2. The molecular formula is C17H24ClFN2O. The smallest absolute Gasteiger partial charge is 0.221 e. The van der Waals surface area contributed by atoms with Gasteiger partial charge in [0.2, 0.25) is 5.91 Å². The van der Waals surface area contributed by atoms with Crippen LogP contribution in [-0.2, 0) is 10.2 Å². The van der Waals surface area contributed by atoms with Gasteiger partial charge in [0.05, 0.1) is 0 Å². The van der Waals surface area contributed by atoms with E-state index < -0.39 is 0 Å². The molecule has 0 spiro atoms. The van der Waals surface area contributed by atoms with Gasteiger partial charge in [-0.2, -0.15) is 0 Å². The molecule has 1 amide bonds. The zero-order valence-electron chi connectivity index (χ0n) is 12.7. The van der Waals surface area contributed by atoms with Crippen LogP contribution < -0.4 is 10.6 Å². The molecule has 1 saturated heterocycles. The van der Waals surface area contributed by atoms with Crippen LogP contribution in [-0.4, -0.2) is 25.0 Å². The highest BCUT2D eigenvalue weighted by Gasteiger charge is 2.38. The minimum atomic E-state index is -0.204. The molecule has 2 fully saturated rings. The second-order valence-corrected chi connectivity index (χ2v) is 6.41. The molecule has 5 heteroatoms. The molecule has 0 aromatic heterocycles. The van der Waals surface area contributed by atoms with Crippen molar-refractivity contribution >= 4 is 18.3 Å². The van der Waals surface area contributed by atoms with Crippen molar-refractivity contribution in [1.29, 1.82) is 0 Å². The zero-order chi connectivity index (χ0) is 14.7. The summed E-state index contributed by atoms with van der Waals surface area (Å²) in [5, 5.41) is 6.44. The molecule has 0 radical (unpaired) electrons. The van der Waals surface area contributed by atoms with Crippen LogP contribution in [0, 0.1) is 5.82 Å². The van der Waals surface area contributed by atoms with E-state index in [9.17, 15) is 9.18 Å². The van der Waals surface area contributed by atoms with Gasteiger partial charge < -0.3 is 10.6 Å².